The van der Waals surface area contributed by atoms with Gasteiger partial charge in [0, 0.05) is 13.7 Å². The number of nitrogens with one attached hydrogen (secondary N) is 1. The van der Waals surface area contributed by atoms with E-state index < -0.39 is 0 Å². The van der Waals surface area contributed by atoms with Gasteiger partial charge < -0.3 is 10.1 Å². The minimum absolute atomic E-state index is 0.0613. The Morgan fingerprint density at radius 2 is 1.86 bits per heavy atom. The van der Waals surface area contributed by atoms with E-state index in [1.54, 1.807) is 7.11 Å². The fraction of sp³-hybridized carbons (Fsp3) is 0.316. The zero-order valence-corrected chi connectivity index (χ0v) is 13.4. The van der Waals surface area contributed by atoms with Gasteiger partial charge in [0.05, 0.1) is 12.5 Å². The predicted octanol–water partition coefficient (Wildman–Crippen LogP) is 3.74. The van der Waals surface area contributed by atoms with Gasteiger partial charge in [-0.3, -0.25) is 4.79 Å². The molecule has 1 amide bonds. The highest BCUT2D eigenvalue weighted by Gasteiger charge is 2.06. The first-order valence-electron chi connectivity index (χ1n) is 7.62. The summed E-state index contributed by atoms with van der Waals surface area (Å²) in [6.45, 7) is 4.63. The number of hydrogen-bond acceptors (Lipinski definition) is 2. The van der Waals surface area contributed by atoms with Crippen molar-refractivity contribution in [2.45, 2.75) is 26.4 Å². The van der Waals surface area contributed by atoms with Crippen molar-refractivity contribution in [2.75, 3.05) is 13.7 Å². The molecule has 0 saturated heterocycles. The Labute approximate surface area is 132 Å². The van der Waals surface area contributed by atoms with Crippen LogP contribution in [0.25, 0.3) is 11.1 Å². The molecule has 0 unspecified atom stereocenters. The number of benzene rings is 2. The molecule has 116 valence electrons. The van der Waals surface area contributed by atoms with E-state index in [9.17, 15) is 4.79 Å². The number of ether oxygens (including phenoxy) is 1. The number of carbonyl (C=O) groups excluding carboxylic acids is 1. The summed E-state index contributed by atoms with van der Waals surface area (Å²) in [5.74, 6) is 0.0613. The molecular formula is C19H23NO2. The number of carbonyl (C=O) groups is 1. The molecule has 2 aromatic rings. The Morgan fingerprint density at radius 3 is 2.50 bits per heavy atom. The molecule has 0 aromatic heterocycles. The van der Waals surface area contributed by atoms with E-state index in [1.807, 2.05) is 32.0 Å². The van der Waals surface area contributed by atoms with Crippen LogP contribution in [0.5, 0.6) is 0 Å². The van der Waals surface area contributed by atoms with Gasteiger partial charge in [-0.1, -0.05) is 42.5 Å². The lowest BCUT2D eigenvalue weighted by Gasteiger charge is -2.12. The van der Waals surface area contributed by atoms with Crippen molar-refractivity contribution < 1.29 is 9.53 Å². The van der Waals surface area contributed by atoms with Crippen molar-refractivity contribution in [3.63, 3.8) is 0 Å². The molecule has 0 bridgehead atoms. The monoisotopic (exact) mass is 297 g/mol. The molecule has 0 fully saturated rings. The Morgan fingerprint density at radius 1 is 1.14 bits per heavy atom. The molecule has 0 aliphatic rings. The molecule has 0 saturated carbocycles. The van der Waals surface area contributed by atoms with Crippen molar-refractivity contribution >= 4 is 5.91 Å². The topological polar surface area (TPSA) is 38.3 Å². The second-order valence-electron chi connectivity index (χ2n) is 5.33. The van der Waals surface area contributed by atoms with Gasteiger partial charge in [-0.2, -0.15) is 0 Å². The normalized spacial score (nSPS) is 12.0. The molecule has 2 aromatic carbocycles. The summed E-state index contributed by atoms with van der Waals surface area (Å²) in [5.41, 5.74) is 4.48. The third-order valence-electron chi connectivity index (χ3n) is 3.74. The molecule has 0 aliphatic carbocycles. The van der Waals surface area contributed by atoms with E-state index >= 15 is 0 Å². The van der Waals surface area contributed by atoms with E-state index in [-0.39, 0.29) is 12.0 Å². The van der Waals surface area contributed by atoms with E-state index in [0.29, 0.717) is 13.0 Å². The van der Waals surface area contributed by atoms with Crippen LogP contribution >= 0.6 is 0 Å². The van der Waals surface area contributed by atoms with Crippen LogP contribution in [0.15, 0.2) is 48.5 Å². The average Bonchev–Trinajstić information content (AvgIpc) is 2.55. The Bertz CT molecular complexity index is 620. The first-order chi connectivity index (χ1) is 10.6. The molecule has 3 heteroatoms. The van der Waals surface area contributed by atoms with Gasteiger partial charge in [0.1, 0.15) is 0 Å². The molecule has 0 spiro atoms. The summed E-state index contributed by atoms with van der Waals surface area (Å²) < 4.78 is 5.37. The molecule has 3 nitrogen and oxygen atoms in total. The van der Waals surface area contributed by atoms with Crippen LogP contribution < -0.4 is 5.32 Å². The Balaban J connectivity index is 2.15. The summed E-state index contributed by atoms with van der Waals surface area (Å²) in [7, 11) is 1.72. The van der Waals surface area contributed by atoms with E-state index in [4.69, 9.17) is 4.74 Å². The van der Waals surface area contributed by atoms with Gasteiger partial charge in [-0.05, 0) is 42.2 Å². The van der Waals surface area contributed by atoms with Gasteiger partial charge in [0.2, 0.25) is 5.91 Å². The maximum Gasteiger partial charge on any atom is 0.224 e. The van der Waals surface area contributed by atoms with E-state index in [1.165, 1.54) is 0 Å². The minimum atomic E-state index is 0.0613. The van der Waals surface area contributed by atoms with Gasteiger partial charge >= 0.3 is 0 Å². The SMILES string of the molecule is CCNC(=O)Cc1ccc(-c2cccc([C@@H](C)OC)c2)cc1. The van der Waals surface area contributed by atoms with E-state index in [2.05, 4.69) is 35.6 Å². The lowest BCUT2D eigenvalue weighted by molar-refractivity contribution is -0.120. The average molecular weight is 297 g/mol. The highest BCUT2D eigenvalue weighted by atomic mass is 16.5. The van der Waals surface area contributed by atoms with Crippen molar-refractivity contribution in [3.8, 4) is 11.1 Å². The van der Waals surface area contributed by atoms with E-state index in [0.717, 1.165) is 22.3 Å². The molecule has 0 aliphatic heterocycles. The van der Waals surface area contributed by atoms with Gasteiger partial charge in [-0.15, -0.1) is 0 Å². The van der Waals surface area contributed by atoms with Crippen LogP contribution in [0.2, 0.25) is 0 Å². The predicted molar refractivity (Wildman–Crippen MR) is 89.7 cm³/mol. The third-order valence-corrected chi connectivity index (χ3v) is 3.74. The molecule has 1 atom stereocenters. The highest BCUT2D eigenvalue weighted by molar-refractivity contribution is 5.78. The lowest BCUT2D eigenvalue weighted by Crippen LogP contribution is -2.24. The minimum Gasteiger partial charge on any atom is -0.377 e. The zero-order valence-electron chi connectivity index (χ0n) is 13.4. The van der Waals surface area contributed by atoms with Gasteiger partial charge in [0.15, 0.2) is 0 Å². The van der Waals surface area contributed by atoms with Crippen LogP contribution in [0.3, 0.4) is 0 Å². The number of hydrogen-bond donors (Lipinski definition) is 1. The second-order valence-corrected chi connectivity index (χ2v) is 5.33. The number of amides is 1. The quantitative estimate of drug-likeness (QED) is 0.882. The number of likely N-dealkylation sites (N-methyl/N-ethyl adjacent to an activating group) is 1. The summed E-state index contributed by atoms with van der Waals surface area (Å²) in [6, 6.07) is 16.5. The standard InChI is InChI=1S/C19H23NO2/c1-4-20-19(21)12-15-8-10-16(11-9-15)18-7-5-6-17(13-18)14(2)22-3/h5-11,13-14H,4,12H2,1-3H3,(H,20,21)/t14-/m1/s1. The molecule has 0 radical (unpaired) electrons. The first kappa shape index (κ1) is 16.2. The van der Waals surface area contributed by atoms with Gasteiger partial charge in [-0.25, -0.2) is 0 Å². The summed E-state index contributed by atoms with van der Waals surface area (Å²) >= 11 is 0. The number of rotatable bonds is 6. The van der Waals surface area contributed by atoms with Crippen molar-refractivity contribution in [1.29, 1.82) is 0 Å². The van der Waals surface area contributed by atoms with Crippen LogP contribution in [0.4, 0.5) is 0 Å². The van der Waals surface area contributed by atoms with Crippen molar-refractivity contribution in [1.82, 2.24) is 5.32 Å². The molecule has 1 N–H and O–H groups in total. The molecular weight excluding hydrogens is 274 g/mol. The fourth-order valence-electron chi connectivity index (χ4n) is 2.37. The second kappa shape index (κ2) is 7.76. The third kappa shape index (κ3) is 4.18. The fourth-order valence-corrected chi connectivity index (χ4v) is 2.37. The van der Waals surface area contributed by atoms with Crippen LogP contribution in [-0.2, 0) is 16.0 Å². The molecule has 22 heavy (non-hydrogen) atoms. The largest absolute Gasteiger partial charge is 0.377 e. The van der Waals surface area contributed by atoms with Crippen LogP contribution in [-0.4, -0.2) is 19.6 Å². The lowest BCUT2D eigenvalue weighted by atomic mass is 9.99. The Kier molecular flexibility index (Phi) is 5.73. The van der Waals surface area contributed by atoms with Crippen LogP contribution in [0, 0.1) is 0 Å². The van der Waals surface area contributed by atoms with Gasteiger partial charge in [0.25, 0.3) is 0 Å². The summed E-state index contributed by atoms with van der Waals surface area (Å²) in [5, 5.41) is 2.81. The van der Waals surface area contributed by atoms with Crippen molar-refractivity contribution in [3.05, 3.63) is 59.7 Å². The first-order valence-corrected chi connectivity index (χ1v) is 7.62. The zero-order chi connectivity index (χ0) is 15.9. The molecule has 0 heterocycles. The maximum absolute atomic E-state index is 11.6. The summed E-state index contributed by atoms with van der Waals surface area (Å²) in [4.78, 5) is 11.6. The smallest absolute Gasteiger partial charge is 0.224 e. The van der Waals surface area contributed by atoms with Crippen molar-refractivity contribution in [2.24, 2.45) is 0 Å². The highest BCUT2D eigenvalue weighted by Crippen LogP contribution is 2.24. The maximum atomic E-state index is 11.6. The Hall–Kier alpha value is -2.13. The molecule has 2 rings (SSSR count). The number of methoxy groups -OCH3 is 1. The summed E-state index contributed by atoms with van der Waals surface area (Å²) in [6.07, 6.45) is 0.506. The van der Waals surface area contributed by atoms with Crippen LogP contribution in [0.1, 0.15) is 31.1 Å².